The van der Waals surface area contributed by atoms with Crippen LogP contribution in [-0.2, 0) is 7.05 Å². The number of amides is 1. The van der Waals surface area contributed by atoms with Crippen molar-refractivity contribution in [3.05, 3.63) is 71.9 Å². The van der Waals surface area contributed by atoms with E-state index in [1.54, 1.807) is 4.68 Å². The molecule has 1 saturated heterocycles. The van der Waals surface area contributed by atoms with E-state index in [-0.39, 0.29) is 5.91 Å². The molecule has 0 unspecified atom stereocenters. The van der Waals surface area contributed by atoms with E-state index in [4.69, 9.17) is 4.98 Å². The SMILES string of the molecule is CCN1CCN(c2ccccc2NC(=O)c2cc(-c3ccccc3)nc3c2c(C)nn3C)CC1. The molecule has 1 amide bonds. The van der Waals surface area contributed by atoms with Crippen LogP contribution in [0.3, 0.4) is 0 Å². The van der Waals surface area contributed by atoms with E-state index in [1.165, 1.54) is 0 Å². The van der Waals surface area contributed by atoms with Gasteiger partial charge >= 0.3 is 0 Å². The Morgan fingerprint density at radius 1 is 1.00 bits per heavy atom. The average Bonchev–Trinajstić information content (AvgIpc) is 3.17. The Kier molecular flexibility index (Phi) is 6.02. The number of para-hydroxylation sites is 2. The highest BCUT2D eigenvalue weighted by Gasteiger charge is 2.22. The maximum Gasteiger partial charge on any atom is 0.256 e. The number of carbonyl (C=O) groups excluding carboxylic acids is 1. The highest BCUT2D eigenvalue weighted by atomic mass is 16.1. The van der Waals surface area contributed by atoms with Crippen LogP contribution in [0.15, 0.2) is 60.7 Å². The molecule has 0 saturated carbocycles. The van der Waals surface area contributed by atoms with Gasteiger partial charge < -0.3 is 15.1 Å². The molecule has 2 aromatic carbocycles. The molecule has 7 nitrogen and oxygen atoms in total. The van der Waals surface area contributed by atoms with Gasteiger partial charge in [-0.05, 0) is 31.7 Å². The zero-order valence-corrected chi connectivity index (χ0v) is 20.0. The fourth-order valence-electron chi connectivity index (χ4n) is 4.73. The number of nitrogens with zero attached hydrogens (tertiary/aromatic N) is 5. The van der Waals surface area contributed by atoms with Gasteiger partial charge in [-0.1, -0.05) is 49.4 Å². The summed E-state index contributed by atoms with van der Waals surface area (Å²) in [6, 6.07) is 19.9. The van der Waals surface area contributed by atoms with E-state index in [0.29, 0.717) is 11.2 Å². The summed E-state index contributed by atoms with van der Waals surface area (Å²) >= 11 is 0. The van der Waals surface area contributed by atoms with Gasteiger partial charge in [-0.3, -0.25) is 9.48 Å². The summed E-state index contributed by atoms with van der Waals surface area (Å²) in [5.41, 5.74) is 5.68. The first-order valence-electron chi connectivity index (χ1n) is 11.8. The van der Waals surface area contributed by atoms with Crippen LogP contribution in [0, 0.1) is 6.92 Å². The van der Waals surface area contributed by atoms with Crippen molar-refractivity contribution in [1.82, 2.24) is 19.7 Å². The molecule has 0 atom stereocenters. The quantitative estimate of drug-likeness (QED) is 0.486. The molecule has 0 aliphatic carbocycles. The van der Waals surface area contributed by atoms with Crippen molar-refractivity contribution >= 4 is 28.3 Å². The number of carbonyl (C=O) groups is 1. The van der Waals surface area contributed by atoms with Gasteiger partial charge in [-0.2, -0.15) is 5.10 Å². The minimum absolute atomic E-state index is 0.152. The van der Waals surface area contributed by atoms with E-state index < -0.39 is 0 Å². The van der Waals surface area contributed by atoms with Crippen LogP contribution in [0.25, 0.3) is 22.3 Å². The average molecular weight is 455 g/mol. The third-order valence-electron chi connectivity index (χ3n) is 6.60. The largest absolute Gasteiger partial charge is 0.367 e. The summed E-state index contributed by atoms with van der Waals surface area (Å²) in [5.74, 6) is -0.152. The van der Waals surface area contributed by atoms with Crippen LogP contribution in [-0.4, -0.2) is 58.3 Å². The minimum atomic E-state index is -0.152. The Bertz CT molecular complexity index is 1320. The monoisotopic (exact) mass is 454 g/mol. The third-order valence-corrected chi connectivity index (χ3v) is 6.60. The molecule has 1 N–H and O–H groups in total. The normalized spacial score (nSPS) is 14.5. The third kappa shape index (κ3) is 4.15. The van der Waals surface area contributed by atoms with Crippen LogP contribution < -0.4 is 10.2 Å². The van der Waals surface area contributed by atoms with Gasteiger partial charge in [0.25, 0.3) is 5.91 Å². The number of hydrogen-bond acceptors (Lipinski definition) is 5. The lowest BCUT2D eigenvalue weighted by molar-refractivity contribution is 0.102. The molecule has 7 heteroatoms. The van der Waals surface area contributed by atoms with Gasteiger partial charge in [0.15, 0.2) is 5.65 Å². The summed E-state index contributed by atoms with van der Waals surface area (Å²) in [7, 11) is 1.87. The summed E-state index contributed by atoms with van der Waals surface area (Å²) in [4.78, 5) is 23.3. The number of piperazine rings is 1. The maximum absolute atomic E-state index is 13.7. The van der Waals surface area contributed by atoms with E-state index in [9.17, 15) is 4.79 Å². The Hall–Kier alpha value is -3.71. The first-order valence-corrected chi connectivity index (χ1v) is 11.8. The minimum Gasteiger partial charge on any atom is -0.367 e. The molecule has 3 heterocycles. The summed E-state index contributed by atoms with van der Waals surface area (Å²) in [5, 5.41) is 8.53. The second-order valence-corrected chi connectivity index (χ2v) is 8.72. The summed E-state index contributed by atoms with van der Waals surface area (Å²) in [6.45, 7) is 9.13. The summed E-state index contributed by atoms with van der Waals surface area (Å²) < 4.78 is 1.75. The number of likely N-dealkylation sites (N-methyl/N-ethyl adjacent to an activating group) is 1. The number of hydrogen-bond donors (Lipinski definition) is 1. The van der Waals surface area contributed by atoms with E-state index in [2.05, 4.69) is 33.2 Å². The van der Waals surface area contributed by atoms with E-state index in [0.717, 1.165) is 66.4 Å². The smallest absolute Gasteiger partial charge is 0.256 e. The lowest BCUT2D eigenvalue weighted by Crippen LogP contribution is -2.46. The van der Waals surface area contributed by atoms with Gasteiger partial charge in [0.05, 0.1) is 33.7 Å². The first-order chi connectivity index (χ1) is 16.5. The lowest BCUT2D eigenvalue weighted by atomic mass is 10.0. The molecular formula is C27H30N6O. The first kappa shape index (κ1) is 22.1. The number of aryl methyl sites for hydroxylation is 2. The number of fused-ring (bicyclic) bond motifs is 1. The van der Waals surface area contributed by atoms with Gasteiger partial charge in [0, 0.05) is 38.8 Å². The standard InChI is InChI=1S/C27H30N6O/c1-4-32-14-16-33(17-15-32)24-13-9-8-12-22(24)29-27(34)21-18-23(20-10-6-5-7-11-20)28-26-25(21)19(2)30-31(26)3/h5-13,18H,4,14-17H2,1-3H3,(H,29,34). The van der Waals surface area contributed by atoms with Crippen molar-refractivity contribution in [1.29, 1.82) is 0 Å². The molecule has 2 aromatic heterocycles. The number of benzene rings is 2. The second-order valence-electron chi connectivity index (χ2n) is 8.72. The van der Waals surface area contributed by atoms with Gasteiger partial charge in [-0.25, -0.2) is 4.98 Å². The molecule has 4 aromatic rings. The fourth-order valence-corrected chi connectivity index (χ4v) is 4.73. The Morgan fingerprint density at radius 2 is 1.71 bits per heavy atom. The van der Waals surface area contributed by atoms with Gasteiger partial charge in [0.2, 0.25) is 0 Å². The predicted molar refractivity (Wildman–Crippen MR) is 137 cm³/mol. The fraction of sp³-hybridized carbons (Fsp3) is 0.296. The van der Waals surface area contributed by atoms with Crippen molar-refractivity contribution in [3.63, 3.8) is 0 Å². The number of anilines is 2. The topological polar surface area (TPSA) is 66.3 Å². The van der Waals surface area contributed by atoms with E-state index in [1.807, 2.05) is 68.6 Å². The van der Waals surface area contributed by atoms with Crippen molar-refractivity contribution < 1.29 is 4.79 Å². The van der Waals surface area contributed by atoms with E-state index >= 15 is 0 Å². The van der Waals surface area contributed by atoms with Crippen molar-refractivity contribution in [2.24, 2.45) is 7.05 Å². The highest BCUT2D eigenvalue weighted by Crippen LogP contribution is 2.30. The molecule has 174 valence electrons. The Morgan fingerprint density at radius 3 is 2.44 bits per heavy atom. The molecule has 0 bridgehead atoms. The summed E-state index contributed by atoms with van der Waals surface area (Å²) in [6.07, 6.45) is 0. The molecule has 1 aliphatic heterocycles. The molecule has 0 spiro atoms. The lowest BCUT2D eigenvalue weighted by Gasteiger charge is -2.36. The number of nitrogens with one attached hydrogen (secondary N) is 1. The van der Waals surface area contributed by atoms with Crippen LogP contribution in [0.5, 0.6) is 0 Å². The molecule has 0 radical (unpaired) electrons. The van der Waals surface area contributed by atoms with Crippen molar-refractivity contribution in [2.45, 2.75) is 13.8 Å². The van der Waals surface area contributed by atoms with Gasteiger partial charge in [0.1, 0.15) is 0 Å². The van der Waals surface area contributed by atoms with Crippen molar-refractivity contribution in [3.8, 4) is 11.3 Å². The maximum atomic E-state index is 13.7. The Balaban J connectivity index is 1.52. The second kappa shape index (κ2) is 9.27. The predicted octanol–water partition coefficient (Wildman–Crippen LogP) is 4.34. The number of aromatic nitrogens is 3. The molecule has 1 fully saturated rings. The van der Waals surface area contributed by atoms with Crippen LogP contribution in [0.1, 0.15) is 23.0 Å². The highest BCUT2D eigenvalue weighted by molar-refractivity contribution is 6.14. The number of pyridine rings is 1. The molecular weight excluding hydrogens is 424 g/mol. The molecule has 1 aliphatic rings. The molecule has 34 heavy (non-hydrogen) atoms. The van der Waals surface area contributed by atoms with Crippen LogP contribution in [0.2, 0.25) is 0 Å². The zero-order valence-electron chi connectivity index (χ0n) is 20.0. The van der Waals surface area contributed by atoms with Gasteiger partial charge in [-0.15, -0.1) is 0 Å². The zero-order chi connectivity index (χ0) is 23.7. The van der Waals surface area contributed by atoms with Crippen LogP contribution >= 0.6 is 0 Å². The van der Waals surface area contributed by atoms with Crippen molar-refractivity contribution in [2.75, 3.05) is 42.9 Å². The number of rotatable bonds is 5. The molecule has 5 rings (SSSR count). The Labute approximate surface area is 200 Å². The van der Waals surface area contributed by atoms with Crippen LogP contribution in [0.4, 0.5) is 11.4 Å².